The van der Waals surface area contributed by atoms with Gasteiger partial charge in [-0.2, -0.15) is 0 Å². The van der Waals surface area contributed by atoms with Crippen LogP contribution < -0.4 is 5.32 Å². The number of halogens is 1. The minimum atomic E-state index is 0.533. The Bertz CT molecular complexity index is 679. The standard InChI is InChI=1S/C18H23ClN2/c1-4-12(3)20-10-16-14-6-5-7-17(14)21-18-11(2)8-13(19)9-15(16)18/h8-9,12,20H,4-7,10H2,1-3H3. The lowest BCUT2D eigenvalue weighted by atomic mass is 9.99. The van der Waals surface area contributed by atoms with Gasteiger partial charge < -0.3 is 5.32 Å². The normalized spacial score (nSPS) is 15.4. The molecule has 0 spiro atoms. The van der Waals surface area contributed by atoms with Gasteiger partial charge >= 0.3 is 0 Å². The molecule has 0 aliphatic heterocycles. The van der Waals surface area contributed by atoms with Gasteiger partial charge in [0.1, 0.15) is 0 Å². The molecule has 0 fully saturated rings. The fourth-order valence-corrected chi connectivity index (χ4v) is 3.48. The summed E-state index contributed by atoms with van der Waals surface area (Å²) < 4.78 is 0. The Kier molecular flexibility index (Phi) is 4.19. The van der Waals surface area contributed by atoms with E-state index in [4.69, 9.17) is 16.6 Å². The summed E-state index contributed by atoms with van der Waals surface area (Å²) in [5.74, 6) is 0. The number of pyridine rings is 1. The molecule has 1 N–H and O–H groups in total. The molecule has 2 nitrogen and oxygen atoms in total. The van der Waals surface area contributed by atoms with Gasteiger partial charge in [-0.25, -0.2) is 0 Å². The summed E-state index contributed by atoms with van der Waals surface area (Å²) in [4.78, 5) is 4.92. The molecule has 1 aliphatic carbocycles. The molecule has 1 heterocycles. The van der Waals surface area contributed by atoms with Crippen molar-refractivity contribution in [2.75, 3.05) is 0 Å². The molecule has 3 rings (SSSR count). The summed E-state index contributed by atoms with van der Waals surface area (Å²) in [6.45, 7) is 7.47. The van der Waals surface area contributed by atoms with Crippen LogP contribution in [0.1, 0.15) is 49.1 Å². The zero-order chi connectivity index (χ0) is 15.0. The molecule has 0 saturated carbocycles. The quantitative estimate of drug-likeness (QED) is 0.894. The van der Waals surface area contributed by atoms with Gasteiger partial charge in [0.2, 0.25) is 0 Å². The fourth-order valence-electron chi connectivity index (χ4n) is 3.21. The zero-order valence-corrected chi connectivity index (χ0v) is 13.8. The van der Waals surface area contributed by atoms with Gasteiger partial charge in [-0.3, -0.25) is 4.98 Å². The second-order valence-corrected chi connectivity index (χ2v) is 6.61. The third-order valence-electron chi connectivity index (χ3n) is 4.63. The highest BCUT2D eigenvalue weighted by Crippen LogP contribution is 2.33. The number of nitrogens with one attached hydrogen (secondary N) is 1. The number of benzene rings is 1. The van der Waals surface area contributed by atoms with E-state index in [1.54, 1.807) is 0 Å². The van der Waals surface area contributed by atoms with Crippen LogP contribution in [0.2, 0.25) is 5.02 Å². The molecule has 1 aromatic heterocycles. The van der Waals surface area contributed by atoms with E-state index in [0.717, 1.165) is 36.3 Å². The molecule has 21 heavy (non-hydrogen) atoms. The van der Waals surface area contributed by atoms with Crippen LogP contribution in [-0.2, 0) is 19.4 Å². The number of hydrogen-bond donors (Lipinski definition) is 1. The zero-order valence-electron chi connectivity index (χ0n) is 13.1. The Morgan fingerprint density at radius 3 is 2.90 bits per heavy atom. The van der Waals surface area contributed by atoms with Crippen molar-refractivity contribution >= 4 is 22.5 Å². The first kappa shape index (κ1) is 14.8. The van der Waals surface area contributed by atoms with Crippen LogP contribution in [0.5, 0.6) is 0 Å². The lowest BCUT2D eigenvalue weighted by molar-refractivity contribution is 0.534. The van der Waals surface area contributed by atoms with E-state index >= 15 is 0 Å². The number of fused-ring (bicyclic) bond motifs is 2. The molecule has 0 radical (unpaired) electrons. The van der Waals surface area contributed by atoms with Crippen LogP contribution in [0, 0.1) is 6.92 Å². The second-order valence-electron chi connectivity index (χ2n) is 6.18. The highest BCUT2D eigenvalue weighted by Gasteiger charge is 2.20. The molecule has 112 valence electrons. The molecule has 1 atom stereocenters. The smallest absolute Gasteiger partial charge is 0.0738 e. The third-order valence-corrected chi connectivity index (χ3v) is 4.85. The van der Waals surface area contributed by atoms with Crippen molar-refractivity contribution in [3.63, 3.8) is 0 Å². The van der Waals surface area contributed by atoms with Gasteiger partial charge in [0, 0.05) is 28.7 Å². The van der Waals surface area contributed by atoms with Crippen molar-refractivity contribution in [2.45, 2.75) is 59.0 Å². The average Bonchev–Trinajstić information content (AvgIpc) is 2.92. The first-order valence-electron chi connectivity index (χ1n) is 7.94. The van der Waals surface area contributed by atoms with E-state index in [1.165, 1.54) is 34.2 Å². The largest absolute Gasteiger partial charge is 0.310 e. The van der Waals surface area contributed by atoms with Crippen LogP contribution in [0.3, 0.4) is 0 Å². The Balaban J connectivity index is 2.14. The summed E-state index contributed by atoms with van der Waals surface area (Å²) >= 11 is 6.29. The Labute approximate surface area is 131 Å². The van der Waals surface area contributed by atoms with Crippen molar-refractivity contribution in [1.29, 1.82) is 0 Å². The maximum atomic E-state index is 6.29. The predicted molar refractivity (Wildman–Crippen MR) is 90.1 cm³/mol. The van der Waals surface area contributed by atoms with Gasteiger partial charge in [0.25, 0.3) is 0 Å². The molecule has 0 saturated heterocycles. The number of rotatable bonds is 4. The number of aryl methyl sites for hydroxylation is 2. The van der Waals surface area contributed by atoms with E-state index in [-0.39, 0.29) is 0 Å². The van der Waals surface area contributed by atoms with Gasteiger partial charge in [0.05, 0.1) is 5.52 Å². The molecule has 1 unspecified atom stereocenters. The SMILES string of the molecule is CCC(C)NCc1c2c(nc3c(C)cc(Cl)cc13)CCC2. The topological polar surface area (TPSA) is 24.9 Å². The van der Waals surface area contributed by atoms with E-state index in [9.17, 15) is 0 Å². The van der Waals surface area contributed by atoms with Gasteiger partial charge in [-0.15, -0.1) is 0 Å². The van der Waals surface area contributed by atoms with Gasteiger partial charge in [-0.1, -0.05) is 18.5 Å². The van der Waals surface area contributed by atoms with Crippen molar-refractivity contribution in [3.05, 3.63) is 39.5 Å². The fraction of sp³-hybridized carbons (Fsp3) is 0.500. The maximum Gasteiger partial charge on any atom is 0.0738 e. The van der Waals surface area contributed by atoms with E-state index in [0.29, 0.717) is 6.04 Å². The predicted octanol–water partition coefficient (Wildman–Crippen LogP) is 4.57. The Hall–Kier alpha value is -1.12. The number of nitrogens with zero attached hydrogens (tertiary/aromatic N) is 1. The minimum absolute atomic E-state index is 0.533. The van der Waals surface area contributed by atoms with Crippen LogP contribution >= 0.6 is 11.6 Å². The van der Waals surface area contributed by atoms with E-state index < -0.39 is 0 Å². The molecular weight excluding hydrogens is 280 g/mol. The summed E-state index contributed by atoms with van der Waals surface area (Å²) in [6.07, 6.45) is 4.64. The lowest BCUT2D eigenvalue weighted by Gasteiger charge is -2.17. The minimum Gasteiger partial charge on any atom is -0.310 e. The maximum absolute atomic E-state index is 6.29. The highest BCUT2D eigenvalue weighted by molar-refractivity contribution is 6.31. The first-order valence-corrected chi connectivity index (χ1v) is 8.31. The van der Waals surface area contributed by atoms with E-state index in [2.05, 4.69) is 32.2 Å². The van der Waals surface area contributed by atoms with Crippen molar-refractivity contribution in [2.24, 2.45) is 0 Å². The monoisotopic (exact) mass is 302 g/mol. The summed E-state index contributed by atoms with van der Waals surface area (Å²) in [5, 5.41) is 5.68. The van der Waals surface area contributed by atoms with Gasteiger partial charge in [-0.05, 0) is 68.4 Å². The van der Waals surface area contributed by atoms with E-state index in [1.807, 2.05) is 6.07 Å². The molecule has 0 bridgehead atoms. The lowest BCUT2D eigenvalue weighted by Crippen LogP contribution is -2.25. The highest BCUT2D eigenvalue weighted by atomic mass is 35.5. The molecule has 1 aliphatic rings. The number of aromatic nitrogens is 1. The number of hydrogen-bond acceptors (Lipinski definition) is 2. The Morgan fingerprint density at radius 2 is 2.14 bits per heavy atom. The van der Waals surface area contributed by atoms with Crippen molar-refractivity contribution in [3.8, 4) is 0 Å². The van der Waals surface area contributed by atoms with Crippen LogP contribution in [0.4, 0.5) is 0 Å². The van der Waals surface area contributed by atoms with Crippen LogP contribution in [0.25, 0.3) is 10.9 Å². The van der Waals surface area contributed by atoms with Gasteiger partial charge in [0.15, 0.2) is 0 Å². The van der Waals surface area contributed by atoms with Crippen molar-refractivity contribution in [1.82, 2.24) is 10.3 Å². The Morgan fingerprint density at radius 1 is 1.33 bits per heavy atom. The second kappa shape index (κ2) is 5.94. The van der Waals surface area contributed by atoms with Crippen LogP contribution in [0.15, 0.2) is 12.1 Å². The molecule has 2 aromatic rings. The van der Waals surface area contributed by atoms with Crippen molar-refractivity contribution < 1.29 is 0 Å². The molecule has 1 aromatic carbocycles. The average molecular weight is 303 g/mol. The first-order chi connectivity index (χ1) is 10.1. The summed E-state index contributed by atoms with van der Waals surface area (Å²) in [6, 6.07) is 4.64. The summed E-state index contributed by atoms with van der Waals surface area (Å²) in [5.41, 5.74) is 6.48. The molecule has 0 amide bonds. The molecule has 3 heteroatoms. The van der Waals surface area contributed by atoms with Crippen LogP contribution in [-0.4, -0.2) is 11.0 Å². The summed E-state index contributed by atoms with van der Waals surface area (Å²) in [7, 11) is 0. The molecular formula is C18H23ClN2. The third kappa shape index (κ3) is 2.79.